The molecular formula is C13H15IN2O. The zero-order valence-electron chi connectivity index (χ0n) is 9.89. The Morgan fingerprint density at radius 1 is 1.53 bits per heavy atom. The van der Waals surface area contributed by atoms with Gasteiger partial charge in [-0.2, -0.15) is 0 Å². The summed E-state index contributed by atoms with van der Waals surface area (Å²) in [6, 6.07) is 5.95. The molecule has 1 atom stereocenters. The van der Waals surface area contributed by atoms with Gasteiger partial charge in [0.25, 0.3) is 0 Å². The molecule has 1 aromatic carbocycles. The van der Waals surface area contributed by atoms with Crippen LogP contribution < -0.4 is 0 Å². The molecule has 0 aliphatic rings. The number of nitrogens with zero attached hydrogens (tertiary/aromatic N) is 2. The van der Waals surface area contributed by atoms with Gasteiger partial charge in [0.15, 0.2) is 0 Å². The van der Waals surface area contributed by atoms with Crippen molar-refractivity contribution in [2.45, 2.75) is 19.4 Å². The number of benzene rings is 1. The zero-order chi connectivity index (χ0) is 12.4. The third kappa shape index (κ3) is 2.52. The smallest absolute Gasteiger partial charge is 0.106 e. The Morgan fingerprint density at radius 3 is 3.00 bits per heavy atom. The largest absolute Gasteiger partial charge is 0.388 e. The summed E-state index contributed by atoms with van der Waals surface area (Å²) in [6.07, 6.45) is 2.15. The highest BCUT2D eigenvalue weighted by Crippen LogP contribution is 2.22. The molecule has 90 valence electrons. The highest BCUT2D eigenvalue weighted by Gasteiger charge is 2.09. The van der Waals surface area contributed by atoms with E-state index in [1.165, 1.54) is 0 Å². The second-order valence-corrected chi connectivity index (χ2v) is 4.80. The first-order chi connectivity index (χ1) is 8.13. The van der Waals surface area contributed by atoms with Gasteiger partial charge in [0.05, 0.1) is 17.1 Å². The summed E-state index contributed by atoms with van der Waals surface area (Å²) in [4.78, 5) is 4.47. The normalized spacial score (nSPS) is 13.6. The van der Waals surface area contributed by atoms with E-state index in [0.29, 0.717) is 6.42 Å². The Labute approximate surface area is 114 Å². The van der Waals surface area contributed by atoms with Crippen LogP contribution in [0.1, 0.15) is 23.9 Å². The number of hydrogen-bond donors (Lipinski definition) is 1. The summed E-state index contributed by atoms with van der Waals surface area (Å²) >= 11 is 2.15. The van der Waals surface area contributed by atoms with Crippen LogP contribution >= 0.6 is 22.6 Å². The summed E-state index contributed by atoms with van der Waals surface area (Å²) in [5.41, 5.74) is 2.97. The van der Waals surface area contributed by atoms with Gasteiger partial charge in [-0.3, -0.25) is 0 Å². The van der Waals surface area contributed by atoms with Gasteiger partial charge in [-0.1, -0.05) is 34.7 Å². The van der Waals surface area contributed by atoms with Crippen molar-refractivity contribution in [1.82, 2.24) is 9.55 Å². The molecule has 0 fully saturated rings. The fraction of sp³-hybridized carbons (Fsp3) is 0.308. The standard InChI is InChI=1S/C13H15IN2O/c1-9-15-11-8-10(13(17)4-3-7-14)5-6-12(11)16(9)2/h3,5-8,13,17H,4H2,1-2H3/b7-3-/t13-/m1/s1. The van der Waals surface area contributed by atoms with Crippen LogP contribution in [0.4, 0.5) is 0 Å². The maximum Gasteiger partial charge on any atom is 0.106 e. The third-order valence-corrected chi connectivity index (χ3v) is 3.47. The Morgan fingerprint density at radius 2 is 2.29 bits per heavy atom. The molecule has 0 bridgehead atoms. The Hall–Kier alpha value is -0.880. The van der Waals surface area contributed by atoms with Crippen molar-refractivity contribution < 1.29 is 5.11 Å². The third-order valence-electron chi connectivity index (χ3n) is 2.96. The number of aliphatic hydroxyl groups excluding tert-OH is 1. The number of hydrogen-bond acceptors (Lipinski definition) is 2. The first kappa shape index (κ1) is 12.6. The van der Waals surface area contributed by atoms with Crippen LogP contribution in [0.25, 0.3) is 11.0 Å². The molecule has 0 unspecified atom stereocenters. The van der Waals surface area contributed by atoms with Crippen molar-refractivity contribution in [1.29, 1.82) is 0 Å². The molecule has 0 saturated carbocycles. The first-order valence-corrected chi connectivity index (χ1v) is 6.74. The molecule has 1 N–H and O–H groups in total. The number of fused-ring (bicyclic) bond motifs is 1. The average molecular weight is 342 g/mol. The van der Waals surface area contributed by atoms with Gasteiger partial charge in [0.1, 0.15) is 5.82 Å². The van der Waals surface area contributed by atoms with Gasteiger partial charge in [0.2, 0.25) is 0 Å². The Kier molecular flexibility index (Phi) is 3.83. The Balaban J connectivity index is 2.37. The number of rotatable bonds is 3. The second-order valence-electron chi connectivity index (χ2n) is 4.08. The van der Waals surface area contributed by atoms with Crippen LogP contribution in [0.5, 0.6) is 0 Å². The SMILES string of the molecule is Cc1nc2cc([C@H](O)C/C=C\I)ccc2n1C. The average Bonchev–Trinajstić information content (AvgIpc) is 2.61. The van der Waals surface area contributed by atoms with E-state index in [-0.39, 0.29) is 0 Å². The minimum atomic E-state index is -0.451. The molecule has 2 rings (SSSR count). The van der Waals surface area contributed by atoms with Crippen LogP contribution in [0, 0.1) is 6.92 Å². The molecule has 2 aromatic rings. The van der Waals surface area contributed by atoms with E-state index in [4.69, 9.17) is 0 Å². The molecule has 0 amide bonds. The van der Waals surface area contributed by atoms with E-state index in [1.54, 1.807) is 0 Å². The first-order valence-electron chi connectivity index (χ1n) is 5.49. The van der Waals surface area contributed by atoms with Crippen molar-refractivity contribution in [3.8, 4) is 0 Å². The number of aryl methyl sites for hydroxylation is 2. The lowest BCUT2D eigenvalue weighted by atomic mass is 10.1. The van der Waals surface area contributed by atoms with E-state index in [0.717, 1.165) is 22.4 Å². The minimum absolute atomic E-state index is 0.451. The van der Waals surface area contributed by atoms with Gasteiger partial charge in [-0.25, -0.2) is 4.98 Å². The van der Waals surface area contributed by atoms with Gasteiger partial charge in [-0.15, -0.1) is 0 Å². The molecule has 0 saturated heterocycles. The molecule has 3 nitrogen and oxygen atoms in total. The fourth-order valence-electron chi connectivity index (χ4n) is 1.86. The number of halogens is 1. The summed E-state index contributed by atoms with van der Waals surface area (Å²) in [5.74, 6) is 0.985. The molecule has 1 aromatic heterocycles. The van der Waals surface area contributed by atoms with E-state index in [1.807, 2.05) is 42.3 Å². The minimum Gasteiger partial charge on any atom is -0.388 e. The van der Waals surface area contributed by atoms with Gasteiger partial charge in [0, 0.05) is 7.05 Å². The molecule has 0 radical (unpaired) electrons. The number of imidazole rings is 1. The summed E-state index contributed by atoms with van der Waals surface area (Å²) in [6.45, 7) is 1.98. The molecule has 1 heterocycles. The van der Waals surface area contributed by atoms with Gasteiger partial charge >= 0.3 is 0 Å². The lowest BCUT2D eigenvalue weighted by molar-refractivity contribution is 0.182. The van der Waals surface area contributed by atoms with Crippen LogP contribution in [0.15, 0.2) is 28.4 Å². The highest BCUT2D eigenvalue weighted by atomic mass is 127. The monoisotopic (exact) mass is 342 g/mol. The Bertz CT molecular complexity index is 560. The van der Waals surface area contributed by atoms with Gasteiger partial charge in [-0.05, 0) is 35.1 Å². The van der Waals surface area contributed by atoms with Crippen molar-refractivity contribution in [3.63, 3.8) is 0 Å². The lowest BCUT2D eigenvalue weighted by Crippen LogP contribution is -1.95. The van der Waals surface area contributed by atoms with Crippen molar-refractivity contribution >= 4 is 33.6 Å². The van der Waals surface area contributed by atoms with E-state index in [2.05, 4.69) is 32.1 Å². The van der Waals surface area contributed by atoms with Gasteiger partial charge < -0.3 is 9.67 Å². The summed E-state index contributed by atoms with van der Waals surface area (Å²) in [7, 11) is 2.00. The van der Waals surface area contributed by atoms with E-state index >= 15 is 0 Å². The summed E-state index contributed by atoms with van der Waals surface area (Å²) < 4.78 is 3.97. The van der Waals surface area contributed by atoms with Crippen LogP contribution in [-0.4, -0.2) is 14.7 Å². The second kappa shape index (κ2) is 5.18. The van der Waals surface area contributed by atoms with E-state index in [9.17, 15) is 5.11 Å². The lowest BCUT2D eigenvalue weighted by Gasteiger charge is -2.08. The molecule has 0 aliphatic carbocycles. The maximum absolute atomic E-state index is 10.00. The number of aliphatic hydroxyl groups is 1. The molecular weight excluding hydrogens is 327 g/mol. The predicted octanol–water partition coefficient (Wildman–Crippen LogP) is 3.25. The quantitative estimate of drug-likeness (QED) is 0.870. The molecule has 0 aliphatic heterocycles. The molecule has 4 heteroatoms. The molecule has 17 heavy (non-hydrogen) atoms. The predicted molar refractivity (Wildman–Crippen MR) is 78.2 cm³/mol. The summed E-state index contributed by atoms with van der Waals surface area (Å²) in [5, 5.41) is 10.00. The zero-order valence-corrected chi connectivity index (χ0v) is 12.0. The van der Waals surface area contributed by atoms with Crippen LogP contribution in [0.3, 0.4) is 0 Å². The highest BCUT2D eigenvalue weighted by molar-refractivity contribution is 14.1. The van der Waals surface area contributed by atoms with Crippen molar-refractivity contribution in [2.24, 2.45) is 7.05 Å². The van der Waals surface area contributed by atoms with Crippen molar-refractivity contribution in [2.75, 3.05) is 0 Å². The fourth-order valence-corrected chi connectivity index (χ4v) is 2.15. The topological polar surface area (TPSA) is 38.1 Å². The van der Waals surface area contributed by atoms with Crippen LogP contribution in [-0.2, 0) is 7.05 Å². The van der Waals surface area contributed by atoms with Crippen molar-refractivity contribution in [3.05, 3.63) is 39.7 Å². The number of aromatic nitrogens is 2. The molecule has 0 spiro atoms. The maximum atomic E-state index is 10.00. The van der Waals surface area contributed by atoms with Crippen LogP contribution in [0.2, 0.25) is 0 Å². The van der Waals surface area contributed by atoms with E-state index < -0.39 is 6.10 Å².